The van der Waals surface area contributed by atoms with Crippen LogP contribution >= 0.6 is 0 Å². The van der Waals surface area contributed by atoms with Crippen molar-refractivity contribution >= 4 is 17.8 Å². The molecule has 1 saturated heterocycles. The number of likely N-dealkylation sites (tertiary alicyclic amines) is 1. The third-order valence-electron chi connectivity index (χ3n) is 4.34. The number of nitrogens with one attached hydrogen (secondary N) is 1. The van der Waals surface area contributed by atoms with E-state index in [2.05, 4.69) is 5.32 Å². The van der Waals surface area contributed by atoms with Gasteiger partial charge in [-0.05, 0) is 25.7 Å². The highest BCUT2D eigenvalue weighted by atomic mass is 16.4. The minimum atomic E-state index is -1.01. The smallest absolute Gasteiger partial charge is 0.326 e. The molecule has 0 aromatic heterocycles. The molecule has 1 heterocycles. The molecule has 22 heavy (non-hydrogen) atoms. The van der Waals surface area contributed by atoms with Crippen LogP contribution in [0.15, 0.2) is 0 Å². The maximum atomic E-state index is 12.2. The van der Waals surface area contributed by atoms with Gasteiger partial charge in [-0.1, -0.05) is 20.3 Å². The van der Waals surface area contributed by atoms with Gasteiger partial charge in [0.05, 0.1) is 6.04 Å². The molecule has 126 valence electrons. The molecule has 3 atom stereocenters. The number of carboxylic acid groups (broad SMARTS) is 1. The highest BCUT2D eigenvalue weighted by molar-refractivity contribution is 5.86. The Morgan fingerprint density at radius 2 is 1.82 bits per heavy atom. The van der Waals surface area contributed by atoms with Gasteiger partial charge in [0, 0.05) is 19.0 Å². The number of aliphatic carboxylic acids is 1. The summed E-state index contributed by atoms with van der Waals surface area (Å²) in [4.78, 5) is 37.0. The standard InChI is InChI=1S/C15H27N3O4/c1-4-9(2)12(15(21)22)17-13(19)11-5-7-18(8-6-11)14(20)10(3)16/h9-12H,4-8,16H2,1-3H3,(H,17,19)(H,21,22). The molecule has 4 N–H and O–H groups in total. The van der Waals surface area contributed by atoms with Crippen molar-refractivity contribution in [1.29, 1.82) is 0 Å². The summed E-state index contributed by atoms with van der Waals surface area (Å²) >= 11 is 0. The van der Waals surface area contributed by atoms with Crippen LogP contribution < -0.4 is 11.1 Å². The van der Waals surface area contributed by atoms with E-state index in [4.69, 9.17) is 5.73 Å². The predicted octanol–water partition coefficient (Wildman–Crippen LogP) is 0.188. The number of carbonyl (C=O) groups excluding carboxylic acids is 2. The number of carboxylic acids is 1. The molecule has 1 rings (SSSR count). The average molecular weight is 313 g/mol. The molecule has 0 spiro atoms. The van der Waals surface area contributed by atoms with Gasteiger partial charge in [-0.3, -0.25) is 9.59 Å². The van der Waals surface area contributed by atoms with Gasteiger partial charge in [0.25, 0.3) is 0 Å². The van der Waals surface area contributed by atoms with E-state index in [-0.39, 0.29) is 23.7 Å². The van der Waals surface area contributed by atoms with Crippen molar-refractivity contribution < 1.29 is 19.5 Å². The number of hydrogen-bond acceptors (Lipinski definition) is 4. The minimum absolute atomic E-state index is 0.109. The number of amides is 2. The Kier molecular flexibility index (Phi) is 6.80. The first-order valence-electron chi connectivity index (χ1n) is 7.85. The van der Waals surface area contributed by atoms with Gasteiger partial charge >= 0.3 is 5.97 Å². The Bertz CT molecular complexity index is 417. The number of piperidine rings is 1. The molecule has 0 aliphatic carbocycles. The van der Waals surface area contributed by atoms with Gasteiger partial charge in [0.15, 0.2) is 0 Å². The summed E-state index contributed by atoms with van der Waals surface area (Å²) in [5, 5.41) is 11.9. The highest BCUT2D eigenvalue weighted by Gasteiger charge is 2.32. The van der Waals surface area contributed by atoms with Crippen LogP contribution in [-0.4, -0.2) is 53.0 Å². The number of hydrogen-bond donors (Lipinski definition) is 3. The van der Waals surface area contributed by atoms with Gasteiger partial charge in [0.1, 0.15) is 6.04 Å². The van der Waals surface area contributed by atoms with Crippen LogP contribution in [0.5, 0.6) is 0 Å². The van der Waals surface area contributed by atoms with E-state index in [0.29, 0.717) is 32.4 Å². The Morgan fingerprint density at radius 1 is 1.27 bits per heavy atom. The Balaban J connectivity index is 2.55. The quantitative estimate of drug-likeness (QED) is 0.648. The van der Waals surface area contributed by atoms with Crippen LogP contribution in [0.1, 0.15) is 40.0 Å². The first-order chi connectivity index (χ1) is 10.3. The van der Waals surface area contributed by atoms with Crippen molar-refractivity contribution in [3.63, 3.8) is 0 Å². The van der Waals surface area contributed by atoms with Crippen molar-refractivity contribution in [3.8, 4) is 0 Å². The first kappa shape index (κ1) is 18.4. The molecule has 2 amide bonds. The molecule has 0 radical (unpaired) electrons. The molecule has 7 heteroatoms. The predicted molar refractivity (Wildman–Crippen MR) is 82.0 cm³/mol. The van der Waals surface area contributed by atoms with Crippen molar-refractivity contribution in [1.82, 2.24) is 10.2 Å². The third kappa shape index (κ3) is 4.69. The maximum Gasteiger partial charge on any atom is 0.326 e. The molecule has 0 aromatic rings. The van der Waals surface area contributed by atoms with Crippen LogP contribution in [0.25, 0.3) is 0 Å². The van der Waals surface area contributed by atoms with Crippen LogP contribution in [0.3, 0.4) is 0 Å². The van der Waals surface area contributed by atoms with Crippen molar-refractivity contribution in [2.75, 3.05) is 13.1 Å². The summed E-state index contributed by atoms with van der Waals surface area (Å²) in [6, 6.07) is -1.40. The molecular weight excluding hydrogens is 286 g/mol. The lowest BCUT2D eigenvalue weighted by atomic mass is 9.93. The largest absolute Gasteiger partial charge is 0.480 e. The minimum Gasteiger partial charge on any atom is -0.480 e. The van der Waals surface area contributed by atoms with Gasteiger partial charge in [-0.25, -0.2) is 4.79 Å². The lowest BCUT2D eigenvalue weighted by Gasteiger charge is -2.33. The molecule has 1 aliphatic heterocycles. The zero-order valence-electron chi connectivity index (χ0n) is 13.5. The van der Waals surface area contributed by atoms with E-state index >= 15 is 0 Å². The molecule has 1 aliphatic rings. The topological polar surface area (TPSA) is 113 Å². The summed E-state index contributed by atoms with van der Waals surface area (Å²) < 4.78 is 0. The molecular formula is C15H27N3O4. The lowest BCUT2D eigenvalue weighted by molar-refractivity contribution is -0.144. The maximum absolute atomic E-state index is 12.2. The second-order valence-electron chi connectivity index (χ2n) is 6.10. The number of nitrogens with two attached hydrogens (primary N) is 1. The second kappa shape index (κ2) is 8.12. The van der Waals surface area contributed by atoms with E-state index in [1.165, 1.54) is 0 Å². The number of rotatable bonds is 6. The fourth-order valence-electron chi connectivity index (χ4n) is 2.60. The number of nitrogens with zero attached hydrogens (tertiary/aromatic N) is 1. The summed E-state index contributed by atoms with van der Waals surface area (Å²) in [5.41, 5.74) is 5.57. The molecule has 1 fully saturated rings. The summed E-state index contributed by atoms with van der Waals surface area (Å²) in [6.45, 7) is 6.32. The second-order valence-corrected chi connectivity index (χ2v) is 6.10. The monoisotopic (exact) mass is 313 g/mol. The first-order valence-corrected chi connectivity index (χ1v) is 7.85. The lowest BCUT2D eigenvalue weighted by Crippen LogP contribution is -2.51. The third-order valence-corrected chi connectivity index (χ3v) is 4.34. The fourth-order valence-corrected chi connectivity index (χ4v) is 2.60. The zero-order valence-corrected chi connectivity index (χ0v) is 13.5. The molecule has 7 nitrogen and oxygen atoms in total. The van der Waals surface area contributed by atoms with Gasteiger partial charge < -0.3 is 21.1 Å². The average Bonchev–Trinajstić information content (AvgIpc) is 2.50. The van der Waals surface area contributed by atoms with Crippen LogP contribution in [0.2, 0.25) is 0 Å². The summed E-state index contributed by atoms with van der Waals surface area (Å²) in [6.07, 6.45) is 1.76. The van der Waals surface area contributed by atoms with Gasteiger partial charge in [-0.15, -0.1) is 0 Å². The highest BCUT2D eigenvalue weighted by Crippen LogP contribution is 2.19. The van der Waals surface area contributed by atoms with Gasteiger partial charge in [0.2, 0.25) is 11.8 Å². The zero-order chi connectivity index (χ0) is 16.9. The normalized spacial score (nSPS) is 20.1. The van der Waals surface area contributed by atoms with Crippen LogP contribution in [0, 0.1) is 11.8 Å². The Hall–Kier alpha value is -1.63. The van der Waals surface area contributed by atoms with Crippen molar-refractivity contribution in [2.45, 2.75) is 52.1 Å². The van der Waals surface area contributed by atoms with E-state index in [1.54, 1.807) is 11.8 Å². The molecule has 0 saturated carbocycles. The van der Waals surface area contributed by atoms with Crippen LogP contribution in [0.4, 0.5) is 0 Å². The summed E-state index contributed by atoms with van der Waals surface area (Å²) in [7, 11) is 0. The van der Waals surface area contributed by atoms with Gasteiger partial charge in [-0.2, -0.15) is 0 Å². The van der Waals surface area contributed by atoms with E-state index < -0.39 is 18.1 Å². The fraction of sp³-hybridized carbons (Fsp3) is 0.800. The molecule has 0 aromatic carbocycles. The van der Waals surface area contributed by atoms with E-state index in [0.717, 1.165) is 0 Å². The Labute approximate surface area is 131 Å². The number of carbonyl (C=O) groups is 3. The van der Waals surface area contributed by atoms with E-state index in [9.17, 15) is 19.5 Å². The summed E-state index contributed by atoms with van der Waals surface area (Å²) in [5.74, 6) is -1.72. The van der Waals surface area contributed by atoms with Crippen molar-refractivity contribution in [3.05, 3.63) is 0 Å². The van der Waals surface area contributed by atoms with Crippen molar-refractivity contribution in [2.24, 2.45) is 17.6 Å². The molecule has 0 bridgehead atoms. The van der Waals surface area contributed by atoms with Crippen LogP contribution in [-0.2, 0) is 14.4 Å². The van der Waals surface area contributed by atoms with E-state index in [1.807, 2.05) is 13.8 Å². The molecule has 3 unspecified atom stereocenters. The Morgan fingerprint density at radius 3 is 2.23 bits per heavy atom. The SMILES string of the molecule is CCC(C)C(NC(=O)C1CCN(C(=O)C(C)N)CC1)C(=O)O.